The zero-order chi connectivity index (χ0) is 14.3. The number of carboxylic acid groups (broad SMARTS) is 1. The Morgan fingerprint density at radius 2 is 2.21 bits per heavy atom. The van der Waals surface area contributed by atoms with E-state index >= 15 is 0 Å². The maximum atomic E-state index is 10.3. The number of benzene rings is 1. The second-order valence-corrected chi connectivity index (χ2v) is 4.94. The van der Waals surface area contributed by atoms with E-state index < -0.39 is 6.09 Å². The van der Waals surface area contributed by atoms with Crippen molar-refractivity contribution < 1.29 is 14.6 Å². The quantitative estimate of drug-likeness (QED) is 0.742. The number of carbonyl (C=O) groups is 1. The van der Waals surface area contributed by atoms with Crippen LogP contribution in [0.2, 0.25) is 10.0 Å². The van der Waals surface area contributed by atoms with Crippen LogP contribution in [-0.2, 0) is 0 Å². The molecule has 0 heterocycles. The molecule has 6 heteroatoms. The van der Waals surface area contributed by atoms with Gasteiger partial charge in [-0.1, -0.05) is 30.1 Å². The molecule has 106 valence electrons. The molecule has 0 radical (unpaired) electrons. The van der Waals surface area contributed by atoms with E-state index in [4.69, 9.17) is 33.0 Å². The van der Waals surface area contributed by atoms with Crippen LogP contribution in [0.5, 0.6) is 5.75 Å². The van der Waals surface area contributed by atoms with Gasteiger partial charge in [-0.05, 0) is 31.4 Å². The standard InChI is InChI=1S/C13H17Cl2NO3/c1-2-10(4-3-7-16-13(17)18)19-12-8-9(14)5-6-11(12)15/h5-6,8,10,16H,2-4,7H2,1H3,(H,17,18). The molecule has 0 aliphatic carbocycles. The molecule has 0 bridgehead atoms. The van der Waals surface area contributed by atoms with Crippen molar-refractivity contribution in [1.82, 2.24) is 5.32 Å². The summed E-state index contributed by atoms with van der Waals surface area (Å²) >= 11 is 11.9. The van der Waals surface area contributed by atoms with Crippen LogP contribution in [0.25, 0.3) is 0 Å². The second kappa shape index (κ2) is 8.12. The fraction of sp³-hybridized carbons (Fsp3) is 0.462. The van der Waals surface area contributed by atoms with E-state index in [0.29, 0.717) is 28.8 Å². The Morgan fingerprint density at radius 1 is 1.47 bits per heavy atom. The summed E-state index contributed by atoms with van der Waals surface area (Å²) in [5.41, 5.74) is 0. The van der Waals surface area contributed by atoms with Crippen LogP contribution >= 0.6 is 23.2 Å². The number of nitrogens with one attached hydrogen (secondary N) is 1. The topological polar surface area (TPSA) is 58.6 Å². The minimum atomic E-state index is -1.01. The van der Waals surface area contributed by atoms with Crippen molar-refractivity contribution in [2.75, 3.05) is 6.54 Å². The number of hydrogen-bond acceptors (Lipinski definition) is 2. The first-order chi connectivity index (χ1) is 9.02. The highest BCUT2D eigenvalue weighted by atomic mass is 35.5. The van der Waals surface area contributed by atoms with E-state index in [1.54, 1.807) is 18.2 Å². The molecule has 1 unspecified atom stereocenters. The zero-order valence-electron chi connectivity index (χ0n) is 10.7. The van der Waals surface area contributed by atoms with Crippen LogP contribution in [0.1, 0.15) is 26.2 Å². The van der Waals surface area contributed by atoms with Crippen LogP contribution in [0.15, 0.2) is 18.2 Å². The van der Waals surface area contributed by atoms with Crippen LogP contribution in [0, 0.1) is 0 Å². The van der Waals surface area contributed by atoms with Crippen molar-refractivity contribution >= 4 is 29.3 Å². The lowest BCUT2D eigenvalue weighted by Crippen LogP contribution is -2.24. The molecule has 0 aliphatic rings. The SMILES string of the molecule is CCC(CCCNC(=O)O)Oc1cc(Cl)ccc1Cl. The Hall–Kier alpha value is -1.13. The lowest BCUT2D eigenvalue weighted by Gasteiger charge is -2.18. The first-order valence-corrected chi connectivity index (χ1v) is 6.87. The Kier molecular flexibility index (Phi) is 6.81. The molecule has 0 aromatic heterocycles. The van der Waals surface area contributed by atoms with Crippen molar-refractivity contribution in [3.8, 4) is 5.75 Å². The largest absolute Gasteiger partial charge is 0.489 e. The Bertz CT molecular complexity index is 426. The van der Waals surface area contributed by atoms with E-state index in [0.717, 1.165) is 12.8 Å². The van der Waals surface area contributed by atoms with E-state index in [9.17, 15) is 4.79 Å². The van der Waals surface area contributed by atoms with Crippen LogP contribution in [0.4, 0.5) is 4.79 Å². The molecule has 19 heavy (non-hydrogen) atoms. The molecular weight excluding hydrogens is 289 g/mol. The van der Waals surface area contributed by atoms with Gasteiger partial charge in [-0.2, -0.15) is 0 Å². The maximum Gasteiger partial charge on any atom is 0.404 e. The summed E-state index contributed by atoms with van der Waals surface area (Å²) in [6.07, 6.45) is 1.26. The van der Waals surface area contributed by atoms with E-state index in [-0.39, 0.29) is 6.10 Å². The summed E-state index contributed by atoms with van der Waals surface area (Å²) in [4.78, 5) is 10.3. The first-order valence-electron chi connectivity index (χ1n) is 6.11. The molecule has 1 atom stereocenters. The summed E-state index contributed by atoms with van der Waals surface area (Å²) in [7, 11) is 0. The summed E-state index contributed by atoms with van der Waals surface area (Å²) in [5.74, 6) is 0.562. The highest BCUT2D eigenvalue weighted by Gasteiger charge is 2.11. The Labute approximate surface area is 122 Å². The van der Waals surface area contributed by atoms with Crippen molar-refractivity contribution in [3.05, 3.63) is 28.2 Å². The average Bonchev–Trinajstić information content (AvgIpc) is 2.37. The van der Waals surface area contributed by atoms with Gasteiger partial charge in [-0.25, -0.2) is 4.79 Å². The summed E-state index contributed by atoms with van der Waals surface area (Å²) in [5, 5.41) is 11.9. The lowest BCUT2D eigenvalue weighted by molar-refractivity contribution is 0.179. The Morgan fingerprint density at radius 3 is 2.84 bits per heavy atom. The molecule has 0 aliphatic heterocycles. The molecular formula is C13H17Cl2NO3. The van der Waals surface area contributed by atoms with Gasteiger partial charge in [0.25, 0.3) is 0 Å². The van der Waals surface area contributed by atoms with E-state index in [2.05, 4.69) is 5.32 Å². The summed E-state index contributed by atoms with van der Waals surface area (Å²) < 4.78 is 5.79. The Balaban J connectivity index is 2.47. The fourth-order valence-electron chi connectivity index (χ4n) is 1.62. The predicted molar refractivity (Wildman–Crippen MR) is 76.4 cm³/mol. The maximum absolute atomic E-state index is 10.3. The molecule has 0 saturated carbocycles. The zero-order valence-corrected chi connectivity index (χ0v) is 12.2. The van der Waals surface area contributed by atoms with Gasteiger partial charge >= 0.3 is 6.09 Å². The molecule has 0 fully saturated rings. The van der Waals surface area contributed by atoms with Gasteiger partial charge in [0, 0.05) is 17.6 Å². The summed E-state index contributed by atoms with van der Waals surface area (Å²) in [6.45, 7) is 2.42. The first kappa shape index (κ1) is 15.9. The van der Waals surface area contributed by atoms with Crippen molar-refractivity contribution in [1.29, 1.82) is 0 Å². The van der Waals surface area contributed by atoms with Gasteiger partial charge in [0.15, 0.2) is 0 Å². The van der Waals surface area contributed by atoms with Crippen LogP contribution in [0.3, 0.4) is 0 Å². The van der Waals surface area contributed by atoms with Crippen LogP contribution < -0.4 is 10.1 Å². The minimum absolute atomic E-state index is 0.00781. The van der Waals surface area contributed by atoms with E-state index in [1.807, 2.05) is 6.92 Å². The van der Waals surface area contributed by atoms with E-state index in [1.165, 1.54) is 0 Å². The summed E-state index contributed by atoms with van der Waals surface area (Å²) in [6, 6.07) is 5.08. The number of hydrogen-bond donors (Lipinski definition) is 2. The number of ether oxygens (including phenoxy) is 1. The van der Waals surface area contributed by atoms with Gasteiger partial charge < -0.3 is 15.2 Å². The van der Waals surface area contributed by atoms with Crippen LogP contribution in [-0.4, -0.2) is 23.8 Å². The van der Waals surface area contributed by atoms with Gasteiger partial charge in [-0.3, -0.25) is 0 Å². The smallest absolute Gasteiger partial charge is 0.404 e. The lowest BCUT2D eigenvalue weighted by atomic mass is 10.1. The molecule has 0 saturated heterocycles. The monoisotopic (exact) mass is 305 g/mol. The molecule has 1 aromatic rings. The van der Waals surface area contributed by atoms with Gasteiger partial charge in [0.05, 0.1) is 11.1 Å². The molecule has 1 aromatic carbocycles. The predicted octanol–water partition coefficient (Wildman–Crippen LogP) is 4.20. The third-order valence-corrected chi connectivity index (χ3v) is 3.17. The third kappa shape index (κ3) is 6.03. The molecule has 1 amide bonds. The van der Waals surface area contributed by atoms with Crippen molar-refractivity contribution in [3.63, 3.8) is 0 Å². The third-order valence-electron chi connectivity index (χ3n) is 2.62. The highest BCUT2D eigenvalue weighted by molar-refractivity contribution is 6.34. The number of halogens is 2. The highest BCUT2D eigenvalue weighted by Crippen LogP contribution is 2.29. The molecule has 1 rings (SSSR count). The van der Waals surface area contributed by atoms with Gasteiger partial charge in [0.1, 0.15) is 5.75 Å². The number of rotatable bonds is 7. The normalized spacial score (nSPS) is 11.9. The second-order valence-electron chi connectivity index (χ2n) is 4.10. The van der Waals surface area contributed by atoms with Crippen molar-refractivity contribution in [2.45, 2.75) is 32.3 Å². The average molecular weight is 306 g/mol. The molecule has 2 N–H and O–H groups in total. The molecule has 4 nitrogen and oxygen atoms in total. The number of amides is 1. The van der Waals surface area contributed by atoms with Gasteiger partial charge in [0.2, 0.25) is 0 Å². The van der Waals surface area contributed by atoms with Crippen molar-refractivity contribution in [2.24, 2.45) is 0 Å². The fourth-order valence-corrected chi connectivity index (χ4v) is 1.94. The van der Waals surface area contributed by atoms with Gasteiger partial charge in [-0.15, -0.1) is 0 Å². The molecule has 0 spiro atoms. The minimum Gasteiger partial charge on any atom is -0.489 e.